The molecule has 0 bridgehead atoms. The molecule has 212 valence electrons. The first-order valence-electron chi connectivity index (χ1n) is 13.5. The van der Waals surface area contributed by atoms with Gasteiger partial charge >= 0.3 is 17.9 Å². The number of unbranched alkanes of at least 4 members (excludes halogenated alkanes) is 6. The van der Waals surface area contributed by atoms with E-state index in [0.717, 1.165) is 44.1 Å². The Morgan fingerprint density at radius 2 is 1.40 bits per heavy atom. The Labute approximate surface area is 236 Å². The van der Waals surface area contributed by atoms with E-state index in [1.165, 1.54) is 6.08 Å². The van der Waals surface area contributed by atoms with Gasteiger partial charge < -0.3 is 18.9 Å². The minimum absolute atomic E-state index is 0.343. The number of carbonyl (C=O) groups is 3. The van der Waals surface area contributed by atoms with Crippen molar-refractivity contribution in [1.29, 1.82) is 5.26 Å². The first kappa shape index (κ1) is 31.8. The normalized spacial score (nSPS) is 10.5. The van der Waals surface area contributed by atoms with Crippen molar-refractivity contribution < 1.29 is 33.3 Å². The van der Waals surface area contributed by atoms with E-state index < -0.39 is 11.9 Å². The fourth-order valence-electron chi connectivity index (χ4n) is 3.43. The Morgan fingerprint density at radius 3 is 2.02 bits per heavy atom. The molecule has 0 aromatic heterocycles. The van der Waals surface area contributed by atoms with Gasteiger partial charge in [0, 0.05) is 18.1 Å². The molecule has 0 amide bonds. The van der Waals surface area contributed by atoms with Gasteiger partial charge in [0.15, 0.2) is 0 Å². The van der Waals surface area contributed by atoms with Crippen molar-refractivity contribution in [1.82, 2.24) is 0 Å². The van der Waals surface area contributed by atoms with Crippen LogP contribution in [0.4, 0.5) is 0 Å². The summed E-state index contributed by atoms with van der Waals surface area (Å²) in [7, 11) is 0. The van der Waals surface area contributed by atoms with Gasteiger partial charge in [0.05, 0.1) is 31.5 Å². The van der Waals surface area contributed by atoms with Crippen molar-refractivity contribution in [3.8, 4) is 17.6 Å². The molecule has 0 saturated carbocycles. The van der Waals surface area contributed by atoms with Gasteiger partial charge in [0.2, 0.25) is 0 Å². The summed E-state index contributed by atoms with van der Waals surface area (Å²) >= 11 is 0. The summed E-state index contributed by atoms with van der Waals surface area (Å²) in [6.07, 6.45) is 9.74. The molecule has 0 aliphatic heterocycles. The van der Waals surface area contributed by atoms with Crippen LogP contribution in [0.25, 0.3) is 6.08 Å². The lowest BCUT2D eigenvalue weighted by Gasteiger charge is -2.07. The number of hydrogen-bond donors (Lipinski definition) is 0. The SMILES string of the molecule is C=C(C)C(=O)OCCCCCCCCOC(=O)/C=C/c1ccc(OC(=O)c2ccc(OCCCC#N)cc2)cc1. The summed E-state index contributed by atoms with van der Waals surface area (Å²) in [6.45, 7) is 6.40. The van der Waals surface area contributed by atoms with Crippen molar-refractivity contribution >= 4 is 24.0 Å². The van der Waals surface area contributed by atoms with E-state index in [0.29, 0.717) is 55.3 Å². The van der Waals surface area contributed by atoms with Crippen LogP contribution >= 0.6 is 0 Å². The maximum Gasteiger partial charge on any atom is 0.343 e. The number of carbonyl (C=O) groups excluding carboxylic acids is 3. The van der Waals surface area contributed by atoms with Gasteiger partial charge in [-0.15, -0.1) is 0 Å². The van der Waals surface area contributed by atoms with Crippen molar-refractivity contribution in [2.24, 2.45) is 0 Å². The Bertz CT molecular complexity index is 1160. The molecular formula is C32H37NO7. The maximum atomic E-state index is 12.4. The molecule has 0 fully saturated rings. The van der Waals surface area contributed by atoms with E-state index in [-0.39, 0.29) is 5.97 Å². The van der Waals surface area contributed by atoms with Crippen molar-refractivity contribution in [3.63, 3.8) is 0 Å². The molecule has 2 aromatic carbocycles. The van der Waals surface area contributed by atoms with Crippen molar-refractivity contribution in [2.75, 3.05) is 19.8 Å². The van der Waals surface area contributed by atoms with Gasteiger partial charge in [-0.05, 0) is 74.2 Å². The fraction of sp³-hybridized carbons (Fsp3) is 0.375. The van der Waals surface area contributed by atoms with E-state index >= 15 is 0 Å². The molecule has 0 aliphatic carbocycles. The Hall–Kier alpha value is -4.38. The van der Waals surface area contributed by atoms with Crippen LogP contribution in [0.3, 0.4) is 0 Å². The zero-order valence-corrected chi connectivity index (χ0v) is 23.1. The molecular weight excluding hydrogens is 510 g/mol. The lowest BCUT2D eigenvalue weighted by molar-refractivity contribution is -0.139. The second-order valence-corrected chi connectivity index (χ2v) is 9.13. The number of rotatable bonds is 18. The van der Waals surface area contributed by atoms with Crippen LogP contribution in [0.5, 0.6) is 11.5 Å². The minimum atomic E-state index is -0.494. The average Bonchev–Trinajstić information content (AvgIpc) is 2.96. The highest BCUT2D eigenvalue weighted by Crippen LogP contribution is 2.18. The number of nitrogens with zero attached hydrogens (tertiary/aromatic N) is 1. The van der Waals surface area contributed by atoms with E-state index in [2.05, 4.69) is 12.6 Å². The zero-order chi connectivity index (χ0) is 29.0. The Kier molecular flexibility index (Phi) is 15.0. The Balaban J connectivity index is 1.60. The summed E-state index contributed by atoms with van der Waals surface area (Å²) in [4.78, 5) is 35.6. The van der Waals surface area contributed by atoms with Crippen molar-refractivity contribution in [3.05, 3.63) is 77.9 Å². The molecule has 8 nitrogen and oxygen atoms in total. The van der Waals surface area contributed by atoms with E-state index in [9.17, 15) is 14.4 Å². The first-order chi connectivity index (χ1) is 19.4. The van der Waals surface area contributed by atoms with Crippen LogP contribution in [-0.2, 0) is 19.1 Å². The van der Waals surface area contributed by atoms with Crippen LogP contribution in [0, 0.1) is 11.3 Å². The molecule has 2 aromatic rings. The van der Waals surface area contributed by atoms with Gasteiger partial charge in [-0.25, -0.2) is 14.4 Å². The highest BCUT2D eigenvalue weighted by molar-refractivity contribution is 5.91. The molecule has 0 unspecified atom stereocenters. The zero-order valence-electron chi connectivity index (χ0n) is 23.1. The molecule has 40 heavy (non-hydrogen) atoms. The highest BCUT2D eigenvalue weighted by atomic mass is 16.5. The van der Waals surface area contributed by atoms with E-state index in [1.807, 2.05) is 0 Å². The molecule has 0 N–H and O–H groups in total. The summed E-state index contributed by atoms with van der Waals surface area (Å²) in [5, 5.41) is 8.55. The van der Waals surface area contributed by atoms with Gasteiger partial charge in [-0.1, -0.05) is 44.4 Å². The van der Waals surface area contributed by atoms with Gasteiger partial charge in [0.1, 0.15) is 11.5 Å². The average molecular weight is 548 g/mol. The van der Waals surface area contributed by atoms with Crippen molar-refractivity contribution in [2.45, 2.75) is 58.3 Å². The maximum absolute atomic E-state index is 12.4. The van der Waals surface area contributed by atoms with E-state index in [4.69, 9.17) is 24.2 Å². The van der Waals surface area contributed by atoms with Crippen LogP contribution in [0.1, 0.15) is 74.2 Å². The third-order valence-electron chi connectivity index (χ3n) is 5.66. The quantitative estimate of drug-likeness (QED) is 0.0887. The number of benzene rings is 2. The summed E-state index contributed by atoms with van der Waals surface area (Å²) in [5.74, 6) is -0.241. The standard InChI is InChI=1S/C32H37NO7/c1-25(2)31(35)39-24-9-6-4-3-5-8-23-38-30(34)20-13-26-11-16-29(17-12-26)40-32(36)27-14-18-28(19-15-27)37-22-10-7-21-33/h11-20H,1,3-10,22-24H2,2H3/b20-13+. The summed E-state index contributed by atoms with van der Waals surface area (Å²) in [5.41, 5.74) is 1.57. The topological polar surface area (TPSA) is 112 Å². The number of ether oxygens (including phenoxy) is 4. The Morgan fingerprint density at radius 1 is 0.800 bits per heavy atom. The van der Waals surface area contributed by atoms with Gasteiger partial charge in [-0.3, -0.25) is 0 Å². The largest absolute Gasteiger partial charge is 0.494 e. The molecule has 2 rings (SSSR count). The fourth-order valence-corrected chi connectivity index (χ4v) is 3.43. The second-order valence-electron chi connectivity index (χ2n) is 9.13. The van der Waals surface area contributed by atoms with E-state index in [1.54, 1.807) is 61.5 Å². The third-order valence-corrected chi connectivity index (χ3v) is 5.66. The smallest absolute Gasteiger partial charge is 0.343 e. The first-order valence-corrected chi connectivity index (χ1v) is 13.5. The molecule has 0 heterocycles. The number of esters is 3. The van der Waals surface area contributed by atoms with Gasteiger partial charge in [0.25, 0.3) is 0 Å². The predicted octanol–water partition coefficient (Wildman–Crippen LogP) is 6.60. The molecule has 0 radical (unpaired) electrons. The highest BCUT2D eigenvalue weighted by Gasteiger charge is 2.09. The predicted molar refractivity (Wildman–Crippen MR) is 152 cm³/mol. The number of hydrogen-bond acceptors (Lipinski definition) is 8. The molecule has 0 spiro atoms. The van der Waals surface area contributed by atoms with Crippen LogP contribution in [0.15, 0.2) is 66.8 Å². The van der Waals surface area contributed by atoms with Gasteiger partial charge in [-0.2, -0.15) is 5.26 Å². The summed E-state index contributed by atoms with van der Waals surface area (Å²) < 4.78 is 21.2. The molecule has 0 atom stereocenters. The number of nitriles is 1. The van der Waals surface area contributed by atoms with Crippen LogP contribution < -0.4 is 9.47 Å². The second kappa shape index (κ2) is 18.8. The lowest BCUT2D eigenvalue weighted by atomic mass is 10.1. The van der Waals surface area contributed by atoms with Crippen LogP contribution in [0.2, 0.25) is 0 Å². The summed E-state index contributed by atoms with van der Waals surface area (Å²) in [6, 6.07) is 15.5. The monoisotopic (exact) mass is 547 g/mol. The lowest BCUT2D eigenvalue weighted by Crippen LogP contribution is -2.08. The molecule has 8 heteroatoms. The third kappa shape index (κ3) is 13.4. The van der Waals surface area contributed by atoms with Crippen LogP contribution in [-0.4, -0.2) is 37.7 Å². The molecule has 0 aliphatic rings. The minimum Gasteiger partial charge on any atom is -0.494 e. The molecule has 0 saturated heterocycles.